The van der Waals surface area contributed by atoms with Crippen LogP contribution in [-0.2, 0) is 6.54 Å². The van der Waals surface area contributed by atoms with Crippen LogP contribution in [0.15, 0.2) is 18.2 Å². The third kappa shape index (κ3) is 4.42. The maximum atomic E-state index is 11.3. The smallest absolute Gasteiger partial charge is 0.343 e. The van der Waals surface area contributed by atoms with Crippen molar-refractivity contribution < 1.29 is 19.9 Å². The molecule has 0 saturated heterocycles. The van der Waals surface area contributed by atoms with E-state index in [0.717, 1.165) is 0 Å². The molecule has 21 heavy (non-hydrogen) atoms. The molecule has 7 nitrogen and oxygen atoms in total. The molecule has 1 aromatic carbocycles. The Labute approximate surface area is 126 Å². The van der Waals surface area contributed by atoms with Gasteiger partial charge in [-0.3, -0.25) is 10.1 Å². The number of carbonyl (C=O) groups is 1. The lowest BCUT2D eigenvalue weighted by atomic mass is 10.0. The minimum atomic E-state index is -1.32. The van der Waals surface area contributed by atoms with E-state index in [-0.39, 0.29) is 30.0 Å². The number of thioether (sulfide) groups is 1. The fraction of sp³-hybridized carbons (Fsp3) is 0.462. The monoisotopic (exact) mass is 314 g/mol. The summed E-state index contributed by atoms with van der Waals surface area (Å²) in [5, 5.41) is 32.4. The molecule has 0 saturated carbocycles. The first-order valence-electron chi connectivity index (χ1n) is 6.29. The maximum Gasteiger partial charge on any atom is 0.343 e. The van der Waals surface area contributed by atoms with E-state index in [4.69, 9.17) is 0 Å². The van der Waals surface area contributed by atoms with Crippen molar-refractivity contribution in [2.45, 2.75) is 24.8 Å². The first kappa shape index (κ1) is 17.4. The van der Waals surface area contributed by atoms with Crippen molar-refractivity contribution in [1.82, 2.24) is 5.32 Å². The van der Waals surface area contributed by atoms with Crippen LogP contribution < -0.4 is 5.32 Å². The molecule has 1 rings (SSSR count). The fourth-order valence-corrected chi connectivity index (χ4v) is 2.63. The summed E-state index contributed by atoms with van der Waals surface area (Å²) in [5.41, 5.74) is -0.369. The highest BCUT2D eigenvalue weighted by atomic mass is 32.2. The van der Waals surface area contributed by atoms with Gasteiger partial charge in [-0.05, 0) is 18.7 Å². The van der Waals surface area contributed by atoms with E-state index in [1.54, 1.807) is 6.07 Å². The Bertz CT molecular complexity index is 519. The van der Waals surface area contributed by atoms with Crippen molar-refractivity contribution in [3.63, 3.8) is 0 Å². The number of nitro benzene ring substituents is 1. The number of carboxylic acids is 1. The average molecular weight is 314 g/mol. The first-order chi connectivity index (χ1) is 9.92. The van der Waals surface area contributed by atoms with Crippen LogP contribution in [0.1, 0.15) is 22.8 Å². The molecule has 116 valence electrons. The van der Waals surface area contributed by atoms with E-state index in [1.165, 1.54) is 23.9 Å². The molecule has 0 aliphatic heterocycles. The van der Waals surface area contributed by atoms with Gasteiger partial charge in [0.2, 0.25) is 0 Å². The second kappa shape index (κ2) is 7.96. The average Bonchev–Trinajstić information content (AvgIpc) is 2.45. The minimum Gasteiger partial charge on any atom is -0.477 e. The van der Waals surface area contributed by atoms with Gasteiger partial charge in [0.25, 0.3) is 5.69 Å². The van der Waals surface area contributed by atoms with Crippen molar-refractivity contribution in [2.75, 3.05) is 12.9 Å². The van der Waals surface area contributed by atoms with Gasteiger partial charge < -0.3 is 15.5 Å². The van der Waals surface area contributed by atoms with Gasteiger partial charge in [-0.2, -0.15) is 11.8 Å². The summed E-state index contributed by atoms with van der Waals surface area (Å²) >= 11 is 1.49. The lowest BCUT2D eigenvalue weighted by Gasteiger charge is -2.21. The number of aromatic carboxylic acids is 1. The Morgan fingerprint density at radius 3 is 2.67 bits per heavy atom. The molecule has 0 aliphatic rings. The van der Waals surface area contributed by atoms with Gasteiger partial charge in [-0.15, -0.1) is 0 Å². The topological polar surface area (TPSA) is 113 Å². The lowest BCUT2D eigenvalue weighted by Crippen LogP contribution is -2.37. The normalized spacial score (nSPS) is 13.7. The number of carboxylic acid groups (broad SMARTS) is 1. The Morgan fingerprint density at radius 2 is 2.19 bits per heavy atom. The predicted molar refractivity (Wildman–Crippen MR) is 80.7 cm³/mol. The lowest BCUT2D eigenvalue weighted by molar-refractivity contribution is -0.385. The van der Waals surface area contributed by atoms with E-state index in [2.05, 4.69) is 5.32 Å². The Kier molecular flexibility index (Phi) is 6.60. The first-order valence-corrected chi connectivity index (χ1v) is 7.57. The minimum absolute atomic E-state index is 0.00391. The molecule has 1 aromatic rings. The fourth-order valence-electron chi connectivity index (χ4n) is 1.97. The van der Waals surface area contributed by atoms with Gasteiger partial charge >= 0.3 is 5.97 Å². The molecule has 0 fully saturated rings. The summed E-state index contributed by atoms with van der Waals surface area (Å²) in [5.74, 6) is -1.32. The van der Waals surface area contributed by atoms with Crippen molar-refractivity contribution >= 4 is 23.4 Å². The van der Waals surface area contributed by atoms with Crippen LogP contribution in [0.3, 0.4) is 0 Å². The highest BCUT2D eigenvalue weighted by molar-refractivity contribution is 7.99. The van der Waals surface area contributed by atoms with Crippen molar-refractivity contribution in [3.05, 3.63) is 39.4 Å². The van der Waals surface area contributed by atoms with Crippen LogP contribution in [0.2, 0.25) is 0 Å². The summed E-state index contributed by atoms with van der Waals surface area (Å²) < 4.78 is 0. The van der Waals surface area contributed by atoms with Crippen LogP contribution in [0.4, 0.5) is 5.69 Å². The van der Waals surface area contributed by atoms with Crippen LogP contribution in [-0.4, -0.2) is 45.3 Å². The number of nitrogens with zero attached hydrogens (tertiary/aromatic N) is 1. The molecule has 0 heterocycles. The number of hydrogen-bond donors (Lipinski definition) is 3. The van der Waals surface area contributed by atoms with Gasteiger partial charge in [-0.1, -0.05) is 12.1 Å². The standard InChI is InChI=1S/C13H18N2O5S/c1-8(11(7-16)21-2)14-6-9-4-3-5-10(15(19)20)12(9)13(17)18/h3-5,8,11,14,16H,6-7H2,1-2H3,(H,17,18). The van der Waals surface area contributed by atoms with E-state index < -0.39 is 16.6 Å². The zero-order valence-electron chi connectivity index (χ0n) is 11.8. The maximum absolute atomic E-state index is 11.3. The van der Waals surface area contributed by atoms with Gasteiger partial charge in [0.15, 0.2) is 0 Å². The number of hydrogen-bond acceptors (Lipinski definition) is 6. The summed E-state index contributed by atoms with van der Waals surface area (Å²) in [6.45, 7) is 2.05. The van der Waals surface area contributed by atoms with E-state index in [0.29, 0.717) is 5.56 Å². The molecule has 0 aliphatic carbocycles. The highest BCUT2D eigenvalue weighted by Gasteiger charge is 2.24. The summed E-state index contributed by atoms with van der Waals surface area (Å²) in [7, 11) is 0. The van der Waals surface area contributed by atoms with Crippen LogP contribution in [0, 0.1) is 10.1 Å². The van der Waals surface area contributed by atoms with Crippen LogP contribution in [0.25, 0.3) is 0 Å². The summed E-state index contributed by atoms with van der Waals surface area (Å²) in [4.78, 5) is 21.5. The number of benzene rings is 1. The van der Waals surface area contributed by atoms with Crippen LogP contribution in [0.5, 0.6) is 0 Å². The van der Waals surface area contributed by atoms with E-state index >= 15 is 0 Å². The predicted octanol–water partition coefficient (Wildman–Crippen LogP) is 1.49. The molecule has 2 atom stereocenters. The molecule has 0 radical (unpaired) electrons. The van der Waals surface area contributed by atoms with Gasteiger partial charge in [0.1, 0.15) is 5.56 Å². The number of rotatable bonds is 8. The van der Waals surface area contributed by atoms with Gasteiger partial charge in [0, 0.05) is 23.9 Å². The Morgan fingerprint density at radius 1 is 1.52 bits per heavy atom. The number of nitrogens with one attached hydrogen (secondary N) is 1. The Balaban J connectivity index is 2.96. The van der Waals surface area contributed by atoms with Crippen molar-refractivity contribution in [3.8, 4) is 0 Å². The largest absolute Gasteiger partial charge is 0.477 e. The summed E-state index contributed by atoms with van der Waals surface area (Å²) in [6.07, 6.45) is 1.87. The van der Waals surface area contributed by atoms with Gasteiger partial charge in [0.05, 0.1) is 11.5 Å². The van der Waals surface area contributed by atoms with Crippen LogP contribution >= 0.6 is 11.8 Å². The zero-order valence-corrected chi connectivity index (χ0v) is 12.6. The summed E-state index contributed by atoms with van der Waals surface area (Å²) in [6, 6.07) is 4.12. The molecule has 0 amide bonds. The molecular weight excluding hydrogens is 296 g/mol. The molecule has 0 spiro atoms. The molecule has 2 unspecified atom stereocenters. The number of nitro groups is 1. The molecular formula is C13H18N2O5S. The molecule has 3 N–H and O–H groups in total. The van der Waals surface area contributed by atoms with Crippen molar-refractivity contribution in [1.29, 1.82) is 0 Å². The zero-order chi connectivity index (χ0) is 16.0. The van der Waals surface area contributed by atoms with Gasteiger partial charge in [-0.25, -0.2) is 4.79 Å². The second-order valence-corrected chi connectivity index (χ2v) is 5.58. The third-order valence-electron chi connectivity index (χ3n) is 3.19. The second-order valence-electron chi connectivity index (χ2n) is 4.50. The molecule has 0 aromatic heterocycles. The van der Waals surface area contributed by atoms with E-state index in [1.807, 2.05) is 13.2 Å². The SMILES string of the molecule is CSC(CO)C(C)NCc1cccc([N+](=O)[O-])c1C(=O)O. The van der Waals surface area contributed by atoms with Crippen molar-refractivity contribution in [2.24, 2.45) is 0 Å². The highest BCUT2D eigenvalue weighted by Crippen LogP contribution is 2.22. The van der Waals surface area contributed by atoms with E-state index in [9.17, 15) is 25.1 Å². The third-order valence-corrected chi connectivity index (χ3v) is 4.36. The number of aliphatic hydroxyl groups excluding tert-OH is 1. The number of aliphatic hydroxyl groups is 1. The molecule has 8 heteroatoms. The Hall–Kier alpha value is -1.64. The molecule has 0 bridgehead atoms. The quantitative estimate of drug-likeness (QED) is 0.492.